The van der Waals surface area contributed by atoms with Gasteiger partial charge in [-0.05, 0) is 61.2 Å². The lowest BCUT2D eigenvalue weighted by Crippen LogP contribution is -2.67. The fourth-order valence-corrected chi connectivity index (χ4v) is 7.97. The summed E-state index contributed by atoms with van der Waals surface area (Å²) < 4.78 is 5.85. The van der Waals surface area contributed by atoms with Crippen LogP contribution in [-0.4, -0.2) is 89.1 Å². The zero-order valence-electron chi connectivity index (χ0n) is 24.9. The first-order valence-electron chi connectivity index (χ1n) is 15.2. The Morgan fingerprint density at radius 3 is 2.44 bits per heavy atom. The molecule has 4 heterocycles. The quantitative estimate of drug-likeness (QED) is 0.443. The molecule has 0 bridgehead atoms. The van der Waals surface area contributed by atoms with Gasteiger partial charge in [-0.2, -0.15) is 5.26 Å². The maximum absolute atomic E-state index is 14.1. The third-order valence-corrected chi connectivity index (χ3v) is 10.8. The van der Waals surface area contributed by atoms with Gasteiger partial charge in [-0.1, -0.05) is 34.6 Å². The molecule has 3 N–H and O–H groups in total. The zero-order chi connectivity index (χ0) is 29.5. The average Bonchev–Trinajstić information content (AvgIpc) is 3.43. The number of carbonyl (C=O) groups excluding carboxylic acids is 4. The van der Waals surface area contributed by atoms with Crippen LogP contribution in [0.1, 0.15) is 73.1 Å². The maximum atomic E-state index is 14.1. The number of nitrogens with zero attached hydrogens (tertiary/aromatic N) is 3. The predicted octanol–water partition coefficient (Wildman–Crippen LogP) is 1.53. The highest BCUT2D eigenvalue weighted by atomic mass is 16.5. The van der Waals surface area contributed by atoms with E-state index in [1.165, 1.54) is 0 Å². The molecular weight excluding hydrogens is 524 g/mol. The molecule has 224 valence electrons. The summed E-state index contributed by atoms with van der Waals surface area (Å²) in [5.74, 6) is -0.838. The molecule has 6 unspecified atom stereocenters. The van der Waals surface area contributed by atoms with Gasteiger partial charge < -0.3 is 30.5 Å². The summed E-state index contributed by atoms with van der Waals surface area (Å²) in [6.45, 7) is 12.1. The van der Waals surface area contributed by atoms with E-state index in [0.29, 0.717) is 26.1 Å². The first-order chi connectivity index (χ1) is 19.2. The number of nitrogens with one attached hydrogen (secondary N) is 3. The smallest absolute Gasteiger partial charge is 0.318 e. The van der Waals surface area contributed by atoms with Crippen molar-refractivity contribution in [1.82, 2.24) is 25.8 Å². The molecule has 6 fully saturated rings. The van der Waals surface area contributed by atoms with Crippen LogP contribution in [0.4, 0.5) is 4.79 Å². The van der Waals surface area contributed by atoms with Crippen molar-refractivity contribution in [2.75, 3.05) is 26.2 Å². The van der Waals surface area contributed by atoms with Gasteiger partial charge in [0.1, 0.15) is 23.7 Å². The Hall–Kier alpha value is -2.87. The van der Waals surface area contributed by atoms with Crippen LogP contribution in [0.2, 0.25) is 0 Å². The van der Waals surface area contributed by atoms with Gasteiger partial charge in [0.05, 0.1) is 19.2 Å². The van der Waals surface area contributed by atoms with E-state index in [1.54, 1.807) is 9.80 Å². The minimum atomic E-state index is -0.823. The van der Waals surface area contributed by atoms with Crippen molar-refractivity contribution in [2.45, 2.75) is 102 Å². The zero-order valence-corrected chi connectivity index (χ0v) is 24.9. The van der Waals surface area contributed by atoms with E-state index in [9.17, 15) is 24.4 Å². The molecule has 0 radical (unpaired) electrons. The molecule has 5 amide bonds. The Morgan fingerprint density at radius 1 is 1.17 bits per heavy atom. The molecule has 6 aliphatic rings. The molecule has 6 atom stereocenters. The summed E-state index contributed by atoms with van der Waals surface area (Å²) in [7, 11) is 0. The third-order valence-electron chi connectivity index (χ3n) is 10.8. The number of carbonyl (C=O) groups is 4. The fourth-order valence-electron chi connectivity index (χ4n) is 7.97. The summed E-state index contributed by atoms with van der Waals surface area (Å²) >= 11 is 0. The first-order valence-corrected chi connectivity index (χ1v) is 15.2. The number of piperidine rings is 1. The van der Waals surface area contributed by atoms with Gasteiger partial charge in [0.25, 0.3) is 0 Å². The highest BCUT2D eigenvalue weighted by Gasteiger charge is 2.70. The largest absolute Gasteiger partial charge is 0.371 e. The molecule has 4 aliphatic heterocycles. The molecule has 0 aromatic heterocycles. The number of ether oxygens (including phenoxy) is 1. The van der Waals surface area contributed by atoms with Crippen LogP contribution in [-0.2, 0) is 19.1 Å². The Bertz CT molecular complexity index is 1180. The fraction of sp³-hybridized carbons (Fsp3) is 0.833. The summed E-state index contributed by atoms with van der Waals surface area (Å²) in [5, 5.41) is 18.8. The summed E-state index contributed by atoms with van der Waals surface area (Å²) in [4.78, 5) is 56.9. The number of rotatable bonds is 6. The molecule has 11 nitrogen and oxygen atoms in total. The summed E-state index contributed by atoms with van der Waals surface area (Å²) in [6.07, 6.45) is 4.83. The van der Waals surface area contributed by atoms with Crippen LogP contribution in [0.25, 0.3) is 0 Å². The Balaban J connectivity index is 1.14. The van der Waals surface area contributed by atoms with Crippen molar-refractivity contribution < 1.29 is 23.9 Å². The van der Waals surface area contributed by atoms with E-state index in [2.05, 4.69) is 35.9 Å². The number of hydrogen-bond donors (Lipinski definition) is 3. The molecule has 2 aliphatic carbocycles. The van der Waals surface area contributed by atoms with E-state index in [1.807, 2.05) is 20.8 Å². The Kier molecular flexibility index (Phi) is 6.42. The topological polar surface area (TPSA) is 144 Å². The molecule has 11 heteroatoms. The minimum Gasteiger partial charge on any atom is -0.371 e. The van der Waals surface area contributed by atoms with E-state index >= 15 is 0 Å². The standard InChI is InChI=1S/C30H44N6O5/c1-27(2,3)22(33-26(40)35-15-30(16-35)7-6-10-41-30)25(39)36-14-19-20(28(19,4)5)21(36)24(38)32-18(13-31)11-17-12-29(8-9-29)34-23(17)37/h17-22H,6-12,14-16H2,1-5H3,(H,32,38)(H,33,40)(H,34,37). The van der Waals surface area contributed by atoms with Crippen LogP contribution in [0.5, 0.6) is 0 Å². The monoisotopic (exact) mass is 568 g/mol. The first kappa shape index (κ1) is 28.3. The van der Waals surface area contributed by atoms with Crippen molar-refractivity contribution in [3.05, 3.63) is 0 Å². The van der Waals surface area contributed by atoms with Crippen molar-refractivity contribution in [3.8, 4) is 6.07 Å². The molecular formula is C30H44N6O5. The van der Waals surface area contributed by atoms with Gasteiger partial charge >= 0.3 is 6.03 Å². The molecule has 0 aromatic rings. The third kappa shape index (κ3) is 4.86. The van der Waals surface area contributed by atoms with E-state index in [4.69, 9.17) is 4.74 Å². The molecule has 6 rings (SSSR count). The number of urea groups is 1. The lowest BCUT2D eigenvalue weighted by atomic mass is 9.85. The Labute approximate surface area is 242 Å². The van der Waals surface area contributed by atoms with Gasteiger partial charge in [0.2, 0.25) is 17.7 Å². The van der Waals surface area contributed by atoms with Crippen molar-refractivity contribution in [1.29, 1.82) is 5.26 Å². The SMILES string of the molecule is CC(C)(C)C(NC(=O)N1CC2(CCCO2)C1)C(=O)N1CC2C(C1C(=O)NC(C#N)CC1CC3(CC3)NC1=O)C2(C)C. The lowest BCUT2D eigenvalue weighted by molar-refractivity contribution is -0.144. The number of nitriles is 1. The molecule has 41 heavy (non-hydrogen) atoms. The highest BCUT2D eigenvalue weighted by Crippen LogP contribution is 2.65. The molecule has 2 spiro atoms. The van der Waals surface area contributed by atoms with Crippen LogP contribution in [0.3, 0.4) is 0 Å². The van der Waals surface area contributed by atoms with Gasteiger partial charge in [-0.3, -0.25) is 14.4 Å². The second-order valence-corrected chi connectivity index (χ2v) is 15.2. The van der Waals surface area contributed by atoms with Gasteiger partial charge in [0, 0.05) is 24.6 Å². The van der Waals surface area contributed by atoms with Crippen molar-refractivity contribution in [2.24, 2.45) is 28.6 Å². The van der Waals surface area contributed by atoms with Crippen molar-refractivity contribution >= 4 is 23.8 Å². The molecule has 4 saturated heterocycles. The summed E-state index contributed by atoms with van der Waals surface area (Å²) in [6, 6.07) is -0.491. The number of likely N-dealkylation sites (tertiary alicyclic amines) is 2. The molecule has 2 saturated carbocycles. The summed E-state index contributed by atoms with van der Waals surface area (Å²) in [5.41, 5.74) is -1.03. The Morgan fingerprint density at radius 2 is 1.88 bits per heavy atom. The number of hydrogen-bond acceptors (Lipinski definition) is 6. The van der Waals surface area contributed by atoms with Crippen LogP contribution in [0.15, 0.2) is 0 Å². The lowest BCUT2D eigenvalue weighted by Gasteiger charge is -2.47. The second-order valence-electron chi connectivity index (χ2n) is 15.2. The van der Waals surface area contributed by atoms with E-state index < -0.39 is 23.5 Å². The van der Waals surface area contributed by atoms with Crippen LogP contribution < -0.4 is 16.0 Å². The van der Waals surface area contributed by atoms with Crippen LogP contribution >= 0.6 is 0 Å². The van der Waals surface area contributed by atoms with Gasteiger partial charge in [-0.15, -0.1) is 0 Å². The van der Waals surface area contributed by atoms with E-state index in [0.717, 1.165) is 32.3 Å². The second kappa shape index (κ2) is 9.32. The maximum Gasteiger partial charge on any atom is 0.318 e. The predicted molar refractivity (Wildman–Crippen MR) is 148 cm³/mol. The van der Waals surface area contributed by atoms with Gasteiger partial charge in [-0.25, -0.2) is 4.79 Å². The average molecular weight is 569 g/mol. The highest BCUT2D eigenvalue weighted by molar-refractivity contribution is 5.94. The van der Waals surface area contributed by atoms with Crippen molar-refractivity contribution in [3.63, 3.8) is 0 Å². The normalized spacial score (nSPS) is 32.9. The number of fused-ring (bicyclic) bond motifs is 1. The van der Waals surface area contributed by atoms with Gasteiger partial charge in [0.15, 0.2) is 0 Å². The van der Waals surface area contributed by atoms with E-state index in [-0.39, 0.29) is 64.5 Å². The molecule has 0 aromatic carbocycles. The number of amides is 5. The minimum absolute atomic E-state index is 0.0265. The van der Waals surface area contributed by atoms with Crippen LogP contribution in [0, 0.1) is 39.9 Å².